The molecule has 0 N–H and O–H groups in total. The van der Waals surface area contributed by atoms with Crippen LogP contribution in [0.5, 0.6) is 0 Å². The Morgan fingerprint density at radius 2 is 0.700 bits per heavy atom. The first-order valence-corrected chi connectivity index (χ1v) is 8.37. The van der Waals surface area contributed by atoms with Crippen LogP contribution in [0.25, 0.3) is 0 Å². The van der Waals surface area contributed by atoms with Crippen LogP contribution >= 0.6 is 0 Å². The lowest BCUT2D eigenvalue weighted by Gasteiger charge is -2.50. The van der Waals surface area contributed by atoms with Gasteiger partial charge in [0.05, 0.1) is 24.4 Å². The average Bonchev–Trinajstić information content (AvgIpc) is 3.32. The zero-order valence-corrected chi connectivity index (χ0v) is 11.7. The van der Waals surface area contributed by atoms with Gasteiger partial charge in [0.1, 0.15) is 24.4 Å². The number of rotatable bonds is 0. The summed E-state index contributed by atoms with van der Waals surface area (Å²) in [5.41, 5.74) is 0. The first-order chi connectivity index (χ1) is 9.75. The van der Waals surface area contributed by atoms with Gasteiger partial charge in [0.25, 0.3) is 0 Å². The van der Waals surface area contributed by atoms with E-state index >= 15 is 0 Å². The monoisotopic (exact) mass is 276 g/mol. The van der Waals surface area contributed by atoms with Gasteiger partial charge in [-0.25, -0.2) is 0 Å². The zero-order chi connectivity index (χ0) is 12.9. The van der Waals surface area contributed by atoms with Crippen LogP contribution in [0.1, 0.15) is 13.8 Å². The fourth-order valence-corrected chi connectivity index (χ4v) is 7.07. The summed E-state index contributed by atoms with van der Waals surface area (Å²) in [6, 6.07) is 0. The van der Waals surface area contributed by atoms with E-state index in [-0.39, 0.29) is 24.4 Å². The minimum atomic E-state index is 0.205. The summed E-state index contributed by atoms with van der Waals surface area (Å²) in [4.78, 5) is 0. The highest BCUT2D eigenvalue weighted by Gasteiger charge is 2.79. The van der Waals surface area contributed by atoms with E-state index in [9.17, 15) is 0 Å². The van der Waals surface area contributed by atoms with Gasteiger partial charge in [0.2, 0.25) is 0 Å². The van der Waals surface area contributed by atoms with Crippen molar-refractivity contribution in [1.29, 1.82) is 0 Å². The van der Waals surface area contributed by atoms with Gasteiger partial charge in [-0.15, -0.1) is 0 Å². The SMILES string of the molecule is CC1C(C)C2C3OC4C5OC5C1C1C4OC3C3OC3C21. The Labute approximate surface area is 118 Å². The molecule has 6 rings (SSSR count). The van der Waals surface area contributed by atoms with Gasteiger partial charge < -0.3 is 18.9 Å². The Morgan fingerprint density at radius 3 is 1.05 bits per heavy atom. The molecule has 3 saturated heterocycles. The molecule has 3 aliphatic carbocycles. The molecule has 3 heterocycles. The van der Waals surface area contributed by atoms with E-state index in [1.807, 2.05) is 0 Å². The molecule has 0 bridgehead atoms. The quantitative estimate of drug-likeness (QED) is 0.615. The Morgan fingerprint density at radius 1 is 0.400 bits per heavy atom. The second kappa shape index (κ2) is 2.85. The van der Waals surface area contributed by atoms with Crippen molar-refractivity contribution in [3.63, 3.8) is 0 Å². The molecule has 0 spiro atoms. The molecule has 3 saturated carbocycles. The smallest absolute Gasteiger partial charge is 0.113 e. The highest BCUT2D eigenvalue weighted by Crippen LogP contribution is 2.69. The molecule has 14 unspecified atom stereocenters. The fourth-order valence-electron chi connectivity index (χ4n) is 7.07. The maximum absolute atomic E-state index is 6.59. The normalized spacial score (nSPS) is 80.7. The average molecular weight is 276 g/mol. The molecule has 108 valence electrons. The Hall–Kier alpha value is -0.160. The van der Waals surface area contributed by atoms with Gasteiger partial charge in [0.15, 0.2) is 0 Å². The number of epoxide rings is 2. The van der Waals surface area contributed by atoms with Crippen LogP contribution < -0.4 is 0 Å². The van der Waals surface area contributed by atoms with Crippen LogP contribution in [0.4, 0.5) is 0 Å². The van der Waals surface area contributed by atoms with E-state index in [1.54, 1.807) is 0 Å². The second-order valence-corrected chi connectivity index (χ2v) is 8.29. The predicted octanol–water partition coefficient (Wildman–Crippen LogP) is 0.834. The third kappa shape index (κ3) is 0.880. The van der Waals surface area contributed by atoms with Crippen molar-refractivity contribution in [2.24, 2.45) is 35.5 Å². The number of ether oxygens (including phenoxy) is 4. The van der Waals surface area contributed by atoms with Crippen molar-refractivity contribution in [1.82, 2.24) is 0 Å². The molecule has 0 aromatic carbocycles. The molecule has 0 radical (unpaired) electrons. The molecule has 4 nitrogen and oxygen atoms in total. The summed E-state index contributed by atoms with van der Waals surface area (Å²) in [6.45, 7) is 4.88. The van der Waals surface area contributed by atoms with Crippen molar-refractivity contribution < 1.29 is 18.9 Å². The summed E-state index contributed by atoms with van der Waals surface area (Å²) in [6.07, 6.45) is 2.53. The summed E-state index contributed by atoms with van der Waals surface area (Å²) in [7, 11) is 0. The topological polar surface area (TPSA) is 43.5 Å². The van der Waals surface area contributed by atoms with Crippen molar-refractivity contribution in [3.8, 4) is 0 Å². The van der Waals surface area contributed by atoms with E-state index in [1.165, 1.54) is 0 Å². The minimum Gasteiger partial charge on any atom is -0.366 e. The highest BCUT2D eigenvalue weighted by molar-refractivity contribution is 5.25. The summed E-state index contributed by atoms with van der Waals surface area (Å²) >= 11 is 0. The van der Waals surface area contributed by atoms with Gasteiger partial charge in [-0.2, -0.15) is 0 Å². The van der Waals surface area contributed by atoms with Crippen LogP contribution in [0.2, 0.25) is 0 Å². The van der Waals surface area contributed by atoms with Gasteiger partial charge in [0, 0.05) is 0 Å². The second-order valence-electron chi connectivity index (χ2n) is 8.29. The van der Waals surface area contributed by atoms with Gasteiger partial charge >= 0.3 is 0 Å². The van der Waals surface area contributed by atoms with E-state index in [0.29, 0.717) is 54.0 Å². The van der Waals surface area contributed by atoms with Crippen LogP contribution in [0.3, 0.4) is 0 Å². The lowest BCUT2D eigenvalue weighted by Crippen LogP contribution is -2.56. The predicted molar refractivity (Wildman–Crippen MR) is 66.9 cm³/mol. The molecular formula is C16H20O4. The van der Waals surface area contributed by atoms with Crippen molar-refractivity contribution >= 4 is 0 Å². The molecule has 0 aromatic rings. The first kappa shape index (κ1) is 10.5. The van der Waals surface area contributed by atoms with Gasteiger partial charge in [-0.1, -0.05) is 13.8 Å². The largest absolute Gasteiger partial charge is 0.366 e. The van der Waals surface area contributed by atoms with E-state index < -0.39 is 0 Å². The summed E-state index contributed by atoms with van der Waals surface area (Å²) in [5.74, 6) is 4.02. The van der Waals surface area contributed by atoms with Gasteiger partial charge in [-0.05, 0) is 35.5 Å². The number of fused-ring (bicyclic) bond motifs is 13. The van der Waals surface area contributed by atoms with Gasteiger partial charge in [-0.3, -0.25) is 0 Å². The molecule has 20 heavy (non-hydrogen) atoms. The molecule has 0 aromatic heterocycles. The molecule has 4 heteroatoms. The number of hydrogen-bond acceptors (Lipinski definition) is 4. The van der Waals surface area contributed by atoms with Crippen molar-refractivity contribution in [2.45, 2.75) is 62.7 Å². The maximum atomic E-state index is 6.59. The lowest BCUT2D eigenvalue weighted by atomic mass is 9.51. The van der Waals surface area contributed by atoms with Crippen LogP contribution in [0.15, 0.2) is 0 Å². The number of hydrogen-bond donors (Lipinski definition) is 0. The Kier molecular flexibility index (Phi) is 1.50. The molecule has 14 atom stereocenters. The molecule has 6 aliphatic rings. The van der Waals surface area contributed by atoms with E-state index in [0.717, 1.165) is 5.92 Å². The molecule has 6 fully saturated rings. The first-order valence-electron chi connectivity index (χ1n) is 8.37. The van der Waals surface area contributed by atoms with E-state index in [2.05, 4.69) is 13.8 Å². The third-order valence-electron chi connectivity index (χ3n) is 7.94. The van der Waals surface area contributed by atoms with Crippen LogP contribution in [-0.2, 0) is 18.9 Å². The fraction of sp³-hybridized carbons (Fsp3) is 1.00. The van der Waals surface area contributed by atoms with Crippen molar-refractivity contribution in [3.05, 3.63) is 0 Å². The maximum Gasteiger partial charge on any atom is 0.113 e. The Bertz CT molecular complexity index is 523. The third-order valence-corrected chi connectivity index (χ3v) is 7.94. The van der Waals surface area contributed by atoms with Crippen molar-refractivity contribution in [2.75, 3.05) is 0 Å². The standard InChI is InChI=1S/C16H20O4/c1-3-4(2)6-8-7-5(3)9-13(17-9)15-11(7)19-14(10(6)18-15)16-12(8)20-16/h3-16H,1-2H3. The molecule has 0 amide bonds. The van der Waals surface area contributed by atoms with Crippen LogP contribution in [0, 0.1) is 35.5 Å². The minimum absolute atomic E-state index is 0.205. The van der Waals surface area contributed by atoms with Crippen LogP contribution in [-0.4, -0.2) is 48.8 Å². The van der Waals surface area contributed by atoms with E-state index in [4.69, 9.17) is 18.9 Å². The Balaban J connectivity index is 1.52. The highest BCUT2D eigenvalue weighted by atomic mass is 16.7. The molecule has 3 aliphatic heterocycles. The summed E-state index contributed by atoms with van der Waals surface area (Å²) < 4.78 is 25.2. The molecular weight excluding hydrogens is 256 g/mol. The zero-order valence-electron chi connectivity index (χ0n) is 11.7. The summed E-state index contributed by atoms with van der Waals surface area (Å²) in [5, 5.41) is 0. The lowest BCUT2D eigenvalue weighted by molar-refractivity contribution is -0.238.